The van der Waals surface area contributed by atoms with Crippen molar-refractivity contribution in [1.29, 1.82) is 0 Å². The Balaban J connectivity index is 1.53. The summed E-state index contributed by atoms with van der Waals surface area (Å²) in [6.45, 7) is 1.49. The molecule has 160 valence electrons. The van der Waals surface area contributed by atoms with Crippen molar-refractivity contribution < 1.29 is 18.6 Å². The zero-order chi connectivity index (χ0) is 21.7. The number of hydrogen-bond acceptors (Lipinski definition) is 6. The summed E-state index contributed by atoms with van der Waals surface area (Å²) in [5, 5.41) is 0. The van der Waals surface area contributed by atoms with Gasteiger partial charge in [-0.25, -0.2) is 9.38 Å². The lowest BCUT2D eigenvalue weighted by atomic mass is 9.80. The molecule has 3 aromatic rings. The molecule has 1 aromatic heterocycles. The Labute approximate surface area is 184 Å². The van der Waals surface area contributed by atoms with Crippen LogP contribution in [-0.4, -0.2) is 30.8 Å². The van der Waals surface area contributed by atoms with Gasteiger partial charge < -0.3 is 19.9 Å². The van der Waals surface area contributed by atoms with Crippen molar-refractivity contribution in [2.75, 3.05) is 19.8 Å². The summed E-state index contributed by atoms with van der Waals surface area (Å²) in [6.07, 6.45) is 4.57. The first-order chi connectivity index (χ1) is 15.6. The number of ether oxygens (including phenoxy) is 3. The van der Waals surface area contributed by atoms with Gasteiger partial charge in [-0.05, 0) is 53.5 Å². The van der Waals surface area contributed by atoms with Gasteiger partial charge >= 0.3 is 0 Å². The van der Waals surface area contributed by atoms with Gasteiger partial charge in [0.15, 0.2) is 11.3 Å². The molecular formula is C25H20FN3O3. The lowest BCUT2D eigenvalue weighted by molar-refractivity contribution is 0.161. The van der Waals surface area contributed by atoms with Crippen molar-refractivity contribution in [3.05, 3.63) is 83.4 Å². The number of aromatic nitrogens is 1. The number of halogens is 1. The first-order valence-electron chi connectivity index (χ1n) is 10.5. The highest BCUT2D eigenvalue weighted by atomic mass is 19.1. The molecule has 2 N–H and O–H groups in total. The Morgan fingerprint density at radius 2 is 1.88 bits per heavy atom. The van der Waals surface area contributed by atoms with E-state index in [2.05, 4.69) is 4.98 Å². The standard InChI is InChI=1S/C25H20FN3O3/c26-18-3-1-2-16(10-18)17-4-5-22-19(11-17)25(14-31-24(27)29-25)20-12-21(28-13-23(20)32-22)15-6-8-30-9-7-15/h1-6,10-13H,7-9,14H2,(H2,27,29)/t25-/m0/s1. The molecule has 6 nitrogen and oxygen atoms in total. The molecule has 0 bridgehead atoms. The molecule has 0 saturated carbocycles. The molecule has 32 heavy (non-hydrogen) atoms. The zero-order valence-corrected chi connectivity index (χ0v) is 17.2. The van der Waals surface area contributed by atoms with E-state index in [4.69, 9.17) is 24.9 Å². The van der Waals surface area contributed by atoms with Crippen LogP contribution in [-0.2, 0) is 15.0 Å². The molecule has 0 aliphatic carbocycles. The maximum atomic E-state index is 13.9. The summed E-state index contributed by atoms with van der Waals surface area (Å²) in [5.74, 6) is 0.984. The smallest absolute Gasteiger partial charge is 0.283 e. The van der Waals surface area contributed by atoms with Crippen LogP contribution in [0, 0.1) is 5.82 Å². The zero-order valence-electron chi connectivity index (χ0n) is 17.2. The van der Waals surface area contributed by atoms with Crippen molar-refractivity contribution >= 4 is 11.6 Å². The van der Waals surface area contributed by atoms with E-state index in [0.717, 1.165) is 39.9 Å². The quantitative estimate of drug-likeness (QED) is 0.654. The molecule has 1 spiro atoms. The Kier molecular flexibility index (Phi) is 4.26. The first kappa shape index (κ1) is 19.0. The highest BCUT2D eigenvalue weighted by Gasteiger charge is 2.47. The van der Waals surface area contributed by atoms with Crippen LogP contribution < -0.4 is 10.5 Å². The minimum Gasteiger partial charge on any atom is -0.462 e. The third kappa shape index (κ3) is 2.97. The molecule has 2 aromatic carbocycles. The fourth-order valence-electron chi connectivity index (χ4n) is 4.54. The molecule has 0 unspecified atom stereocenters. The SMILES string of the molecule is NC1=N[C@@]2(CO1)c1cc(-c3cccc(F)c3)ccc1Oc1cnc(C3=CCOCC3)cc12. The summed E-state index contributed by atoms with van der Waals surface area (Å²) in [5.41, 5.74) is 10.4. The number of hydrogen-bond donors (Lipinski definition) is 1. The monoisotopic (exact) mass is 429 g/mol. The number of rotatable bonds is 2. The van der Waals surface area contributed by atoms with Gasteiger partial charge in [0.1, 0.15) is 18.2 Å². The van der Waals surface area contributed by atoms with E-state index in [1.165, 1.54) is 12.1 Å². The maximum Gasteiger partial charge on any atom is 0.283 e. The molecule has 3 aliphatic heterocycles. The molecular weight excluding hydrogens is 409 g/mol. The predicted octanol–water partition coefficient (Wildman–Crippen LogP) is 4.39. The number of pyridine rings is 1. The van der Waals surface area contributed by atoms with Crippen LogP contribution in [0.25, 0.3) is 16.7 Å². The Morgan fingerprint density at radius 1 is 1.00 bits per heavy atom. The molecule has 3 aliphatic rings. The number of fused-ring (bicyclic) bond motifs is 4. The minimum absolute atomic E-state index is 0.128. The number of aliphatic imine (C=N–C) groups is 1. The molecule has 0 saturated heterocycles. The Morgan fingerprint density at radius 3 is 2.66 bits per heavy atom. The summed E-state index contributed by atoms with van der Waals surface area (Å²) < 4.78 is 31.2. The fourth-order valence-corrected chi connectivity index (χ4v) is 4.54. The normalized spacial score (nSPS) is 21.2. The number of nitrogens with two attached hydrogens (primary N) is 1. The summed E-state index contributed by atoms with van der Waals surface area (Å²) in [4.78, 5) is 9.37. The van der Waals surface area contributed by atoms with Crippen LogP contribution in [0.15, 0.2) is 65.8 Å². The predicted molar refractivity (Wildman–Crippen MR) is 118 cm³/mol. The second kappa shape index (κ2) is 7.17. The second-order valence-corrected chi connectivity index (χ2v) is 8.04. The topological polar surface area (TPSA) is 79.0 Å². The van der Waals surface area contributed by atoms with Crippen LogP contribution in [0.1, 0.15) is 23.2 Å². The minimum atomic E-state index is -0.861. The van der Waals surface area contributed by atoms with Gasteiger partial charge in [0.2, 0.25) is 0 Å². The van der Waals surface area contributed by atoms with Gasteiger partial charge in [-0.15, -0.1) is 0 Å². The van der Waals surface area contributed by atoms with Gasteiger partial charge in [-0.3, -0.25) is 4.98 Å². The van der Waals surface area contributed by atoms with Crippen LogP contribution in [0.5, 0.6) is 11.5 Å². The first-order valence-corrected chi connectivity index (χ1v) is 10.5. The molecule has 0 fully saturated rings. The van der Waals surface area contributed by atoms with E-state index in [0.29, 0.717) is 24.7 Å². The number of benzene rings is 2. The third-order valence-electron chi connectivity index (χ3n) is 6.14. The molecule has 0 radical (unpaired) electrons. The average Bonchev–Trinajstić information content (AvgIpc) is 3.22. The van der Waals surface area contributed by atoms with Crippen molar-refractivity contribution in [3.63, 3.8) is 0 Å². The van der Waals surface area contributed by atoms with Crippen LogP contribution in [0.2, 0.25) is 0 Å². The van der Waals surface area contributed by atoms with Crippen molar-refractivity contribution in [2.45, 2.75) is 12.0 Å². The van der Waals surface area contributed by atoms with E-state index >= 15 is 0 Å². The fraction of sp³-hybridized carbons (Fsp3) is 0.200. The second-order valence-electron chi connectivity index (χ2n) is 8.04. The Bertz CT molecular complexity index is 1300. The highest BCUT2D eigenvalue weighted by molar-refractivity contribution is 5.78. The molecule has 7 heteroatoms. The van der Waals surface area contributed by atoms with Crippen molar-refractivity contribution in [1.82, 2.24) is 4.98 Å². The number of amidine groups is 1. The van der Waals surface area contributed by atoms with Gasteiger partial charge in [0, 0.05) is 11.1 Å². The summed E-state index contributed by atoms with van der Waals surface area (Å²) in [6, 6.07) is 14.4. The lowest BCUT2D eigenvalue weighted by Crippen LogP contribution is -2.31. The summed E-state index contributed by atoms with van der Waals surface area (Å²) in [7, 11) is 0. The maximum absolute atomic E-state index is 13.9. The van der Waals surface area contributed by atoms with Crippen molar-refractivity contribution in [2.24, 2.45) is 10.7 Å². The largest absolute Gasteiger partial charge is 0.462 e. The van der Waals surface area contributed by atoms with Crippen LogP contribution in [0.4, 0.5) is 4.39 Å². The lowest BCUT2D eigenvalue weighted by Gasteiger charge is -2.34. The van der Waals surface area contributed by atoms with E-state index in [-0.39, 0.29) is 18.4 Å². The molecule has 6 rings (SSSR count). The van der Waals surface area contributed by atoms with E-state index in [9.17, 15) is 4.39 Å². The number of nitrogens with zero attached hydrogens (tertiary/aromatic N) is 2. The average molecular weight is 429 g/mol. The van der Waals surface area contributed by atoms with E-state index in [1.807, 2.05) is 36.4 Å². The molecule has 0 amide bonds. The van der Waals surface area contributed by atoms with Gasteiger partial charge in [0.05, 0.1) is 25.1 Å². The summed E-state index contributed by atoms with van der Waals surface area (Å²) >= 11 is 0. The molecule has 4 heterocycles. The van der Waals surface area contributed by atoms with Crippen LogP contribution >= 0.6 is 0 Å². The third-order valence-corrected chi connectivity index (χ3v) is 6.14. The van der Waals surface area contributed by atoms with Crippen LogP contribution in [0.3, 0.4) is 0 Å². The Hall–Kier alpha value is -3.71. The van der Waals surface area contributed by atoms with Crippen molar-refractivity contribution in [3.8, 4) is 22.6 Å². The van der Waals surface area contributed by atoms with Gasteiger partial charge in [0.25, 0.3) is 6.02 Å². The van der Waals surface area contributed by atoms with E-state index < -0.39 is 5.54 Å². The molecule has 1 atom stereocenters. The highest BCUT2D eigenvalue weighted by Crippen LogP contribution is 2.51. The van der Waals surface area contributed by atoms with Gasteiger partial charge in [-0.2, -0.15) is 0 Å². The van der Waals surface area contributed by atoms with E-state index in [1.54, 1.807) is 12.3 Å². The van der Waals surface area contributed by atoms with Gasteiger partial charge in [-0.1, -0.05) is 24.3 Å².